The van der Waals surface area contributed by atoms with E-state index in [0.29, 0.717) is 26.8 Å². The molecule has 0 unspecified atom stereocenters. The van der Waals surface area contributed by atoms with Crippen LogP contribution >= 0.6 is 34.5 Å². The Bertz CT molecular complexity index is 466. The highest BCUT2D eigenvalue weighted by Gasteiger charge is 2.25. The Kier molecular flexibility index (Phi) is 5.91. The zero-order valence-corrected chi connectivity index (χ0v) is 14.3. The molecule has 1 aromatic heterocycles. The van der Waals surface area contributed by atoms with Gasteiger partial charge in [0, 0.05) is 6.04 Å². The van der Waals surface area contributed by atoms with Gasteiger partial charge in [0.2, 0.25) is 0 Å². The Morgan fingerprint density at radius 3 is 2.50 bits per heavy atom. The van der Waals surface area contributed by atoms with Gasteiger partial charge in [-0.05, 0) is 44.7 Å². The minimum Gasteiger partial charge on any atom is -0.296 e. The number of nitrogens with zero attached hydrogens (tertiary/aromatic N) is 1. The summed E-state index contributed by atoms with van der Waals surface area (Å²) in [5.74, 6) is 0.943. The summed E-state index contributed by atoms with van der Waals surface area (Å²) >= 11 is 13.2. The van der Waals surface area contributed by atoms with Crippen LogP contribution in [0.2, 0.25) is 8.67 Å². The molecule has 0 atom stereocenters. The first-order valence-electron chi connectivity index (χ1n) is 7.19. The molecule has 0 radical (unpaired) electrons. The number of carbonyl (C=O) groups excluding carboxylic acids is 1. The third kappa shape index (κ3) is 3.97. The zero-order chi connectivity index (χ0) is 14.7. The highest BCUT2D eigenvalue weighted by atomic mass is 35.5. The van der Waals surface area contributed by atoms with Crippen LogP contribution in [-0.4, -0.2) is 30.3 Å². The normalized spacial score (nSPS) is 23.2. The largest absolute Gasteiger partial charge is 0.296 e. The van der Waals surface area contributed by atoms with Crippen LogP contribution < -0.4 is 0 Å². The molecule has 1 fully saturated rings. The monoisotopic (exact) mass is 333 g/mol. The molecule has 2 nitrogen and oxygen atoms in total. The quantitative estimate of drug-likeness (QED) is 0.695. The third-order valence-electron chi connectivity index (χ3n) is 4.37. The van der Waals surface area contributed by atoms with Crippen molar-refractivity contribution in [1.29, 1.82) is 0 Å². The maximum absolute atomic E-state index is 12.3. The maximum Gasteiger partial charge on any atom is 0.179 e. The first-order valence-corrected chi connectivity index (χ1v) is 8.76. The molecule has 112 valence electrons. The SMILES string of the molecule is CCC1CCC(N(C)CC(=O)c2cc(Cl)sc2Cl)CC1. The number of hydrogen-bond donors (Lipinski definition) is 0. The van der Waals surface area contributed by atoms with Crippen molar-refractivity contribution in [3.05, 3.63) is 20.3 Å². The molecule has 5 heteroatoms. The molecular weight excluding hydrogens is 313 g/mol. The number of thiophene rings is 1. The van der Waals surface area contributed by atoms with E-state index in [4.69, 9.17) is 23.2 Å². The van der Waals surface area contributed by atoms with Crippen LogP contribution in [0.4, 0.5) is 0 Å². The molecular formula is C15H21Cl2NOS. The van der Waals surface area contributed by atoms with E-state index < -0.39 is 0 Å². The van der Waals surface area contributed by atoms with Crippen LogP contribution in [0.5, 0.6) is 0 Å². The van der Waals surface area contributed by atoms with Gasteiger partial charge in [0.1, 0.15) is 4.34 Å². The average molecular weight is 334 g/mol. The van der Waals surface area contributed by atoms with E-state index in [1.807, 2.05) is 7.05 Å². The number of likely N-dealkylation sites (N-methyl/N-ethyl adjacent to an activating group) is 1. The maximum atomic E-state index is 12.3. The molecule has 0 aromatic carbocycles. The van der Waals surface area contributed by atoms with Crippen molar-refractivity contribution in [2.75, 3.05) is 13.6 Å². The molecule has 0 aliphatic heterocycles. The highest BCUT2D eigenvalue weighted by Crippen LogP contribution is 2.32. The van der Waals surface area contributed by atoms with Gasteiger partial charge < -0.3 is 0 Å². The van der Waals surface area contributed by atoms with Gasteiger partial charge in [-0.3, -0.25) is 9.69 Å². The molecule has 0 N–H and O–H groups in total. The lowest BCUT2D eigenvalue weighted by molar-refractivity contribution is 0.0885. The molecule has 0 bridgehead atoms. The first kappa shape index (κ1) is 16.3. The van der Waals surface area contributed by atoms with Crippen molar-refractivity contribution in [3.63, 3.8) is 0 Å². The predicted octanol–water partition coefficient (Wildman–Crippen LogP) is 5.14. The summed E-state index contributed by atoms with van der Waals surface area (Å²) in [7, 11) is 2.04. The average Bonchev–Trinajstić information content (AvgIpc) is 2.78. The Morgan fingerprint density at radius 1 is 1.35 bits per heavy atom. The second-order valence-electron chi connectivity index (χ2n) is 5.66. The number of hydrogen-bond acceptors (Lipinski definition) is 3. The van der Waals surface area contributed by atoms with Crippen molar-refractivity contribution in [3.8, 4) is 0 Å². The minimum absolute atomic E-state index is 0.0678. The summed E-state index contributed by atoms with van der Waals surface area (Å²) in [6.07, 6.45) is 6.23. The molecule has 20 heavy (non-hydrogen) atoms. The van der Waals surface area contributed by atoms with Crippen LogP contribution in [0.3, 0.4) is 0 Å². The summed E-state index contributed by atoms with van der Waals surface area (Å²) in [5.41, 5.74) is 0.566. The summed E-state index contributed by atoms with van der Waals surface area (Å²) < 4.78 is 1.08. The summed E-state index contributed by atoms with van der Waals surface area (Å²) in [5, 5.41) is 0. The molecule has 0 amide bonds. The Hall–Kier alpha value is -0.0900. The van der Waals surface area contributed by atoms with E-state index in [1.54, 1.807) is 6.07 Å². The lowest BCUT2D eigenvalue weighted by Crippen LogP contribution is -2.38. The first-order chi connectivity index (χ1) is 9.51. The Morgan fingerprint density at radius 2 is 2.00 bits per heavy atom. The second kappa shape index (κ2) is 7.26. The van der Waals surface area contributed by atoms with Crippen LogP contribution in [-0.2, 0) is 0 Å². The fourth-order valence-corrected chi connectivity index (χ4v) is 4.46. The molecule has 1 heterocycles. The molecule has 1 aliphatic rings. The number of rotatable bonds is 5. The van der Waals surface area contributed by atoms with Crippen LogP contribution in [0.15, 0.2) is 6.07 Å². The summed E-state index contributed by atoms with van der Waals surface area (Å²) in [6.45, 7) is 2.69. The highest BCUT2D eigenvalue weighted by molar-refractivity contribution is 7.20. The lowest BCUT2D eigenvalue weighted by atomic mass is 9.84. The van der Waals surface area contributed by atoms with Gasteiger partial charge in [-0.15, -0.1) is 11.3 Å². The zero-order valence-electron chi connectivity index (χ0n) is 12.0. The topological polar surface area (TPSA) is 20.3 Å². The van der Waals surface area contributed by atoms with Gasteiger partial charge in [0.05, 0.1) is 16.4 Å². The number of carbonyl (C=O) groups is 1. The van der Waals surface area contributed by atoms with E-state index in [0.717, 1.165) is 5.92 Å². The van der Waals surface area contributed by atoms with E-state index in [-0.39, 0.29) is 5.78 Å². The molecule has 1 saturated carbocycles. The fraction of sp³-hybridized carbons (Fsp3) is 0.667. The van der Waals surface area contributed by atoms with Crippen LogP contribution in [0, 0.1) is 5.92 Å². The van der Waals surface area contributed by atoms with Gasteiger partial charge in [-0.2, -0.15) is 0 Å². The van der Waals surface area contributed by atoms with Gasteiger partial charge in [0.15, 0.2) is 5.78 Å². The Balaban J connectivity index is 1.90. The van der Waals surface area contributed by atoms with Gasteiger partial charge in [0.25, 0.3) is 0 Å². The minimum atomic E-state index is 0.0678. The number of ketones is 1. The standard InChI is InChI=1S/C15H21Cl2NOS/c1-3-10-4-6-11(7-5-10)18(2)9-13(19)12-8-14(16)20-15(12)17/h8,10-11H,3-7,9H2,1-2H3. The third-order valence-corrected chi connectivity index (χ3v) is 5.85. The lowest BCUT2D eigenvalue weighted by Gasteiger charge is -2.34. The van der Waals surface area contributed by atoms with Crippen LogP contribution in [0.25, 0.3) is 0 Å². The molecule has 2 rings (SSSR count). The van der Waals surface area contributed by atoms with Gasteiger partial charge in [-0.25, -0.2) is 0 Å². The van der Waals surface area contributed by atoms with Crippen molar-refractivity contribution in [1.82, 2.24) is 4.90 Å². The van der Waals surface area contributed by atoms with Gasteiger partial charge in [-0.1, -0.05) is 36.5 Å². The van der Waals surface area contributed by atoms with E-state index in [9.17, 15) is 4.79 Å². The molecule has 1 aromatic rings. The van der Waals surface area contributed by atoms with Crippen molar-refractivity contribution < 1.29 is 4.79 Å². The van der Waals surface area contributed by atoms with Crippen molar-refractivity contribution in [2.24, 2.45) is 5.92 Å². The summed E-state index contributed by atoms with van der Waals surface area (Å²) in [6, 6.07) is 2.20. The van der Waals surface area contributed by atoms with E-state index in [1.165, 1.54) is 43.4 Å². The molecule has 0 saturated heterocycles. The van der Waals surface area contributed by atoms with E-state index >= 15 is 0 Å². The summed E-state index contributed by atoms with van der Waals surface area (Å²) in [4.78, 5) is 14.5. The van der Waals surface area contributed by atoms with Gasteiger partial charge >= 0.3 is 0 Å². The van der Waals surface area contributed by atoms with Crippen molar-refractivity contribution >= 4 is 40.3 Å². The fourth-order valence-electron chi connectivity index (χ4n) is 2.97. The molecule has 1 aliphatic carbocycles. The van der Waals surface area contributed by atoms with Crippen molar-refractivity contribution in [2.45, 2.75) is 45.1 Å². The number of Topliss-reactive ketones (excluding diaryl/α,β-unsaturated/α-hetero) is 1. The molecule has 0 spiro atoms. The Labute approximate surface area is 135 Å². The van der Waals surface area contributed by atoms with E-state index in [2.05, 4.69) is 11.8 Å². The second-order valence-corrected chi connectivity index (χ2v) is 7.94. The van der Waals surface area contributed by atoms with Crippen LogP contribution in [0.1, 0.15) is 49.4 Å². The number of halogens is 2. The smallest absolute Gasteiger partial charge is 0.179 e. The predicted molar refractivity (Wildman–Crippen MR) is 87.3 cm³/mol.